The number of aliphatic hydroxyl groups is 1. The molecule has 0 atom stereocenters. The maximum atomic E-state index is 9.05. The second kappa shape index (κ2) is 6.50. The summed E-state index contributed by atoms with van der Waals surface area (Å²) in [7, 11) is 0. The molecule has 1 aromatic carbocycles. The van der Waals surface area contributed by atoms with Gasteiger partial charge in [-0.05, 0) is 33.6 Å². The van der Waals surface area contributed by atoms with Crippen molar-refractivity contribution in [1.29, 1.82) is 0 Å². The third-order valence-corrected chi connectivity index (χ3v) is 4.43. The zero-order valence-corrected chi connectivity index (χ0v) is 13.3. The van der Waals surface area contributed by atoms with Gasteiger partial charge in [-0.15, -0.1) is 11.3 Å². The van der Waals surface area contributed by atoms with Gasteiger partial charge in [-0.3, -0.25) is 0 Å². The van der Waals surface area contributed by atoms with Gasteiger partial charge in [0.15, 0.2) is 0 Å². The lowest BCUT2D eigenvalue weighted by Crippen LogP contribution is -1.98. The third-order valence-electron chi connectivity index (χ3n) is 2.62. The molecule has 0 bridgehead atoms. The van der Waals surface area contributed by atoms with E-state index in [1.54, 1.807) is 11.3 Å². The predicted molar refractivity (Wildman–Crippen MR) is 80.6 cm³/mol. The molecular formula is C14H16BrNO2S. The zero-order valence-electron chi connectivity index (χ0n) is 10.9. The molecule has 0 saturated carbocycles. The molecule has 19 heavy (non-hydrogen) atoms. The number of hydrogen-bond acceptors (Lipinski definition) is 4. The van der Waals surface area contributed by atoms with Crippen LogP contribution in [0.5, 0.6) is 5.75 Å². The smallest absolute Gasteiger partial charge is 0.134 e. The van der Waals surface area contributed by atoms with E-state index >= 15 is 0 Å². The molecule has 5 heteroatoms. The highest BCUT2D eigenvalue weighted by atomic mass is 79.9. The van der Waals surface area contributed by atoms with Gasteiger partial charge in [0.25, 0.3) is 0 Å². The Balaban J connectivity index is 2.01. The van der Waals surface area contributed by atoms with Gasteiger partial charge in [0.05, 0.1) is 21.8 Å². The van der Waals surface area contributed by atoms with Gasteiger partial charge >= 0.3 is 0 Å². The average molecular weight is 342 g/mol. The van der Waals surface area contributed by atoms with E-state index in [1.807, 2.05) is 23.6 Å². The molecule has 0 amide bonds. The van der Waals surface area contributed by atoms with Gasteiger partial charge in [0.1, 0.15) is 12.4 Å². The minimum absolute atomic E-state index is 0.0305. The van der Waals surface area contributed by atoms with Crippen molar-refractivity contribution in [3.05, 3.63) is 44.3 Å². The zero-order chi connectivity index (χ0) is 13.8. The normalized spacial score (nSPS) is 11.0. The lowest BCUT2D eigenvalue weighted by atomic mass is 10.2. The van der Waals surface area contributed by atoms with Crippen LogP contribution in [-0.4, -0.2) is 10.1 Å². The average Bonchev–Trinajstić information content (AvgIpc) is 2.86. The van der Waals surface area contributed by atoms with E-state index in [4.69, 9.17) is 9.84 Å². The van der Waals surface area contributed by atoms with Crippen molar-refractivity contribution in [2.45, 2.75) is 33.0 Å². The third kappa shape index (κ3) is 3.78. The van der Waals surface area contributed by atoms with Crippen LogP contribution in [0.3, 0.4) is 0 Å². The van der Waals surface area contributed by atoms with E-state index in [-0.39, 0.29) is 6.61 Å². The number of rotatable bonds is 5. The fourth-order valence-corrected chi connectivity index (χ4v) is 2.93. The highest BCUT2D eigenvalue weighted by Crippen LogP contribution is 2.27. The summed E-state index contributed by atoms with van der Waals surface area (Å²) in [4.78, 5) is 4.53. The predicted octanol–water partition coefficient (Wildman–Crippen LogP) is 4.10. The molecule has 0 radical (unpaired) electrons. The number of aliphatic hydroxyl groups excluding tert-OH is 1. The van der Waals surface area contributed by atoms with E-state index in [9.17, 15) is 0 Å². The molecular weight excluding hydrogens is 326 g/mol. The number of aromatic nitrogens is 1. The molecule has 0 aliphatic carbocycles. The number of nitrogens with zero attached hydrogens (tertiary/aromatic N) is 1. The largest absolute Gasteiger partial charge is 0.486 e. The Morgan fingerprint density at radius 1 is 1.42 bits per heavy atom. The Kier molecular flexibility index (Phi) is 4.96. The maximum absolute atomic E-state index is 9.05. The van der Waals surface area contributed by atoms with Crippen molar-refractivity contribution in [2.75, 3.05) is 0 Å². The summed E-state index contributed by atoms with van der Waals surface area (Å²) in [5.74, 6) is 1.21. The van der Waals surface area contributed by atoms with Crippen LogP contribution in [-0.2, 0) is 13.2 Å². The molecule has 102 valence electrons. The minimum atomic E-state index is 0.0305. The van der Waals surface area contributed by atoms with Crippen molar-refractivity contribution in [3.63, 3.8) is 0 Å². The van der Waals surface area contributed by atoms with Gasteiger partial charge in [0, 0.05) is 11.3 Å². The van der Waals surface area contributed by atoms with Crippen molar-refractivity contribution in [1.82, 2.24) is 4.98 Å². The first-order chi connectivity index (χ1) is 9.10. The van der Waals surface area contributed by atoms with Gasteiger partial charge in [0.2, 0.25) is 0 Å². The van der Waals surface area contributed by atoms with Gasteiger partial charge in [-0.25, -0.2) is 4.98 Å². The first-order valence-electron chi connectivity index (χ1n) is 6.06. The molecule has 3 nitrogen and oxygen atoms in total. The van der Waals surface area contributed by atoms with Gasteiger partial charge < -0.3 is 9.84 Å². The van der Waals surface area contributed by atoms with Crippen LogP contribution in [0, 0.1) is 0 Å². The van der Waals surface area contributed by atoms with Crippen LogP contribution >= 0.6 is 27.3 Å². The van der Waals surface area contributed by atoms with E-state index in [0.717, 1.165) is 26.5 Å². The van der Waals surface area contributed by atoms with E-state index in [0.29, 0.717) is 12.5 Å². The van der Waals surface area contributed by atoms with Crippen LogP contribution in [0.15, 0.2) is 28.1 Å². The van der Waals surface area contributed by atoms with Crippen molar-refractivity contribution >= 4 is 27.3 Å². The minimum Gasteiger partial charge on any atom is -0.486 e. The second-order valence-electron chi connectivity index (χ2n) is 4.54. The van der Waals surface area contributed by atoms with Crippen LogP contribution in [0.1, 0.15) is 36.0 Å². The Labute approximate surface area is 125 Å². The molecule has 0 fully saturated rings. The first kappa shape index (κ1) is 14.5. The van der Waals surface area contributed by atoms with Crippen LogP contribution in [0.25, 0.3) is 0 Å². The summed E-state index contributed by atoms with van der Waals surface area (Å²) in [6.07, 6.45) is 0. The molecule has 0 aliphatic rings. The molecule has 2 aromatic rings. The summed E-state index contributed by atoms with van der Waals surface area (Å²) in [5.41, 5.74) is 1.81. The van der Waals surface area contributed by atoms with E-state index in [2.05, 4.69) is 34.8 Å². The Bertz CT molecular complexity index is 554. The molecule has 1 N–H and O–H groups in total. The molecule has 0 unspecified atom stereocenters. The lowest BCUT2D eigenvalue weighted by Gasteiger charge is -2.07. The molecule has 1 heterocycles. The van der Waals surface area contributed by atoms with Crippen molar-refractivity contribution in [2.24, 2.45) is 0 Å². The topological polar surface area (TPSA) is 42.4 Å². The highest BCUT2D eigenvalue weighted by molar-refractivity contribution is 9.10. The number of ether oxygens (including phenoxy) is 1. The summed E-state index contributed by atoms with van der Waals surface area (Å²) in [5, 5.41) is 12.2. The summed E-state index contributed by atoms with van der Waals surface area (Å²) in [6.45, 7) is 4.75. The van der Waals surface area contributed by atoms with Gasteiger partial charge in [-0.2, -0.15) is 0 Å². The van der Waals surface area contributed by atoms with Crippen LogP contribution in [0.2, 0.25) is 0 Å². The SMILES string of the molecule is CC(C)c1nc(COc2ccc(CO)cc2Br)cs1. The molecule has 0 aliphatic heterocycles. The molecule has 2 rings (SSSR count). The van der Waals surface area contributed by atoms with Crippen LogP contribution < -0.4 is 4.74 Å². The number of benzene rings is 1. The summed E-state index contributed by atoms with van der Waals surface area (Å²) >= 11 is 5.10. The van der Waals surface area contributed by atoms with Crippen molar-refractivity contribution < 1.29 is 9.84 Å². The fourth-order valence-electron chi connectivity index (χ4n) is 1.57. The molecule has 0 saturated heterocycles. The molecule has 1 aromatic heterocycles. The Hall–Kier alpha value is -0.910. The Morgan fingerprint density at radius 3 is 2.79 bits per heavy atom. The first-order valence-corrected chi connectivity index (χ1v) is 7.73. The fraction of sp³-hybridized carbons (Fsp3) is 0.357. The van der Waals surface area contributed by atoms with Crippen molar-refractivity contribution in [3.8, 4) is 5.75 Å². The number of hydrogen-bond donors (Lipinski definition) is 1. The standard InChI is InChI=1S/C14H16BrNO2S/c1-9(2)14-16-11(8-19-14)7-18-13-4-3-10(6-17)5-12(13)15/h3-5,8-9,17H,6-7H2,1-2H3. The monoisotopic (exact) mass is 341 g/mol. The molecule has 0 spiro atoms. The highest BCUT2D eigenvalue weighted by Gasteiger charge is 2.07. The quantitative estimate of drug-likeness (QED) is 0.890. The van der Waals surface area contributed by atoms with E-state index in [1.165, 1.54) is 0 Å². The van der Waals surface area contributed by atoms with Gasteiger partial charge in [-0.1, -0.05) is 19.9 Å². The maximum Gasteiger partial charge on any atom is 0.134 e. The van der Waals surface area contributed by atoms with E-state index < -0.39 is 0 Å². The van der Waals surface area contributed by atoms with Crippen LogP contribution in [0.4, 0.5) is 0 Å². The summed E-state index contributed by atoms with van der Waals surface area (Å²) in [6, 6.07) is 5.56. The summed E-state index contributed by atoms with van der Waals surface area (Å²) < 4.78 is 6.58. The number of halogens is 1. The second-order valence-corrected chi connectivity index (χ2v) is 6.29. The Morgan fingerprint density at radius 2 is 2.21 bits per heavy atom. The lowest BCUT2D eigenvalue weighted by molar-refractivity contribution is 0.280. The number of thiazole rings is 1.